The van der Waals surface area contributed by atoms with E-state index < -0.39 is 0 Å². The monoisotopic (exact) mass is 293 g/mol. The molecule has 0 fully saturated rings. The number of hydrogen-bond acceptors (Lipinski definition) is 2. The zero-order valence-electron chi connectivity index (χ0n) is 11.4. The quantitative estimate of drug-likeness (QED) is 0.739. The molecule has 0 radical (unpaired) electrons. The highest BCUT2D eigenvalue weighted by Gasteiger charge is 2.08. The van der Waals surface area contributed by atoms with Crippen LogP contribution in [0.5, 0.6) is 0 Å². The van der Waals surface area contributed by atoms with Gasteiger partial charge in [0.2, 0.25) is 0 Å². The van der Waals surface area contributed by atoms with Gasteiger partial charge in [0.15, 0.2) is 0 Å². The lowest BCUT2D eigenvalue weighted by atomic mass is 10.0. The first-order chi connectivity index (χ1) is 9.24. The zero-order valence-corrected chi connectivity index (χ0v) is 13.0. The first kappa shape index (κ1) is 14.6. The Labute approximate surface area is 124 Å². The SMILES string of the molecule is CCCNC(CC)c1ccc(-c2ccc(Cl)s2)cc1. The predicted octanol–water partition coefficient (Wildman–Crippen LogP) is 5.52. The summed E-state index contributed by atoms with van der Waals surface area (Å²) in [5, 5.41) is 3.58. The van der Waals surface area contributed by atoms with Crippen molar-refractivity contribution in [2.45, 2.75) is 32.7 Å². The molecule has 0 saturated carbocycles. The topological polar surface area (TPSA) is 12.0 Å². The van der Waals surface area contributed by atoms with Crippen molar-refractivity contribution in [3.8, 4) is 10.4 Å². The third-order valence-electron chi connectivity index (χ3n) is 3.22. The second-order valence-electron chi connectivity index (χ2n) is 4.64. The Balaban J connectivity index is 2.13. The molecular formula is C16H20ClNS. The van der Waals surface area contributed by atoms with Gasteiger partial charge in [-0.25, -0.2) is 0 Å². The molecular weight excluding hydrogens is 274 g/mol. The van der Waals surface area contributed by atoms with E-state index in [9.17, 15) is 0 Å². The van der Waals surface area contributed by atoms with Crippen LogP contribution in [0.3, 0.4) is 0 Å². The zero-order chi connectivity index (χ0) is 13.7. The van der Waals surface area contributed by atoms with Crippen LogP contribution in [0.25, 0.3) is 10.4 Å². The fourth-order valence-corrected chi connectivity index (χ4v) is 3.21. The number of benzene rings is 1. The highest BCUT2D eigenvalue weighted by atomic mass is 35.5. The van der Waals surface area contributed by atoms with Crippen molar-refractivity contribution >= 4 is 22.9 Å². The van der Waals surface area contributed by atoms with E-state index in [0.717, 1.165) is 17.3 Å². The lowest BCUT2D eigenvalue weighted by Gasteiger charge is -2.17. The van der Waals surface area contributed by atoms with Crippen LogP contribution in [0.15, 0.2) is 36.4 Å². The summed E-state index contributed by atoms with van der Waals surface area (Å²) in [5.74, 6) is 0. The van der Waals surface area contributed by atoms with Gasteiger partial charge in [-0.3, -0.25) is 0 Å². The third kappa shape index (κ3) is 3.82. The lowest BCUT2D eigenvalue weighted by molar-refractivity contribution is 0.518. The van der Waals surface area contributed by atoms with Gasteiger partial charge in [0.1, 0.15) is 0 Å². The highest BCUT2D eigenvalue weighted by molar-refractivity contribution is 7.19. The molecule has 0 saturated heterocycles. The molecule has 0 aliphatic rings. The summed E-state index contributed by atoms with van der Waals surface area (Å²) in [7, 11) is 0. The molecule has 0 spiro atoms. The molecule has 0 amide bonds. The molecule has 1 N–H and O–H groups in total. The smallest absolute Gasteiger partial charge is 0.0934 e. The minimum atomic E-state index is 0.459. The van der Waals surface area contributed by atoms with Crippen LogP contribution in [0, 0.1) is 0 Å². The van der Waals surface area contributed by atoms with Gasteiger partial charge in [-0.15, -0.1) is 11.3 Å². The van der Waals surface area contributed by atoms with Gasteiger partial charge in [-0.1, -0.05) is 49.7 Å². The Hall–Kier alpha value is -0.830. The van der Waals surface area contributed by atoms with Crippen LogP contribution in [0.1, 0.15) is 38.3 Å². The van der Waals surface area contributed by atoms with Gasteiger partial charge in [-0.05, 0) is 42.6 Å². The van der Waals surface area contributed by atoms with Crippen LogP contribution in [0.2, 0.25) is 4.34 Å². The third-order valence-corrected chi connectivity index (χ3v) is 4.50. The van der Waals surface area contributed by atoms with E-state index in [1.54, 1.807) is 11.3 Å². The van der Waals surface area contributed by atoms with E-state index in [0.29, 0.717) is 6.04 Å². The van der Waals surface area contributed by atoms with Crippen LogP contribution >= 0.6 is 22.9 Å². The Morgan fingerprint density at radius 1 is 1.11 bits per heavy atom. The maximum absolute atomic E-state index is 5.98. The molecule has 2 rings (SSSR count). The Kier molecular flexibility index (Phi) is 5.44. The molecule has 1 heterocycles. The molecule has 1 unspecified atom stereocenters. The second-order valence-corrected chi connectivity index (χ2v) is 6.36. The van der Waals surface area contributed by atoms with E-state index in [1.807, 2.05) is 6.07 Å². The van der Waals surface area contributed by atoms with Crippen LogP contribution in [0.4, 0.5) is 0 Å². The van der Waals surface area contributed by atoms with E-state index >= 15 is 0 Å². The number of hydrogen-bond donors (Lipinski definition) is 1. The van der Waals surface area contributed by atoms with Crippen molar-refractivity contribution in [2.75, 3.05) is 6.54 Å². The summed E-state index contributed by atoms with van der Waals surface area (Å²) in [6.45, 7) is 5.49. The molecule has 1 nitrogen and oxygen atoms in total. The van der Waals surface area contributed by atoms with Gasteiger partial charge >= 0.3 is 0 Å². The van der Waals surface area contributed by atoms with Crippen molar-refractivity contribution in [3.05, 3.63) is 46.3 Å². The summed E-state index contributed by atoms with van der Waals surface area (Å²) in [5.41, 5.74) is 2.60. The molecule has 19 heavy (non-hydrogen) atoms. The van der Waals surface area contributed by atoms with Gasteiger partial charge in [-0.2, -0.15) is 0 Å². The van der Waals surface area contributed by atoms with E-state index in [4.69, 9.17) is 11.6 Å². The van der Waals surface area contributed by atoms with Crippen LogP contribution in [-0.2, 0) is 0 Å². The maximum Gasteiger partial charge on any atom is 0.0934 e. The van der Waals surface area contributed by atoms with Gasteiger partial charge in [0.05, 0.1) is 4.34 Å². The summed E-state index contributed by atoms with van der Waals surface area (Å²) in [4.78, 5) is 1.23. The average Bonchev–Trinajstić information content (AvgIpc) is 2.87. The fourth-order valence-electron chi connectivity index (χ4n) is 2.17. The number of rotatable bonds is 6. The molecule has 0 aliphatic carbocycles. The normalized spacial score (nSPS) is 12.6. The molecule has 102 valence electrons. The summed E-state index contributed by atoms with van der Waals surface area (Å²) < 4.78 is 0.843. The summed E-state index contributed by atoms with van der Waals surface area (Å²) in [6, 6.07) is 13.3. The molecule has 3 heteroatoms. The molecule has 1 atom stereocenters. The first-order valence-corrected chi connectivity index (χ1v) is 8.03. The standard InChI is InChI=1S/C16H20ClNS/c1-3-11-18-14(4-2)12-5-7-13(8-6-12)15-9-10-16(17)19-15/h5-10,14,18H,3-4,11H2,1-2H3. The molecule has 2 aromatic rings. The Morgan fingerprint density at radius 3 is 2.37 bits per heavy atom. The number of thiophene rings is 1. The first-order valence-electron chi connectivity index (χ1n) is 6.83. The minimum Gasteiger partial charge on any atom is -0.310 e. The van der Waals surface area contributed by atoms with E-state index in [-0.39, 0.29) is 0 Å². The Morgan fingerprint density at radius 2 is 1.84 bits per heavy atom. The maximum atomic E-state index is 5.98. The summed E-state index contributed by atoms with van der Waals surface area (Å²) in [6.07, 6.45) is 2.28. The van der Waals surface area contributed by atoms with E-state index in [2.05, 4.69) is 49.5 Å². The average molecular weight is 294 g/mol. The largest absolute Gasteiger partial charge is 0.310 e. The fraction of sp³-hybridized carbons (Fsp3) is 0.375. The molecule has 1 aromatic heterocycles. The number of halogens is 1. The van der Waals surface area contributed by atoms with Crippen LogP contribution in [-0.4, -0.2) is 6.54 Å². The van der Waals surface area contributed by atoms with E-state index in [1.165, 1.54) is 22.4 Å². The van der Waals surface area contributed by atoms with Crippen LogP contribution < -0.4 is 5.32 Å². The van der Waals surface area contributed by atoms with Crippen molar-refractivity contribution in [1.82, 2.24) is 5.32 Å². The van der Waals surface area contributed by atoms with Gasteiger partial charge < -0.3 is 5.32 Å². The minimum absolute atomic E-state index is 0.459. The highest BCUT2D eigenvalue weighted by Crippen LogP contribution is 2.31. The lowest BCUT2D eigenvalue weighted by Crippen LogP contribution is -2.21. The van der Waals surface area contributed by atoms with Gasteiger partial charge in [0, 0.05) is 10.9 Å². The predicted molar refractivity (Wildman–Crippen MR) is 86.1 cm³/mol. The second kappa shape index (κ2) is 7.09. The van der Waals surface area contributed by atoms with Gasteiger partial charge in [0.25, 0.3) is 0 Å². The van der Waals surface area contributed by atoms with Crippen molar-refractivity contribution in [2.24, 2.45) is 0 Å². The molecule has 0 bridgehead atoms. The van der Waals surface area contributed by atoms with Crippen molar-refractivity contribution < 1.29 is 0 Å². The molecule has 1 aromatic carbocycles. The van der Waals surface area contributed by atoms with Crippen molar-refractivity contribution in [1.29, 1.82) is 0 Å². The molecule has 0 aliphatic heterocycles. The summed E-state index contributed by atoms with van der Waals surface area (Å²) >= 11 is 7.60. The Bertz CT molecular complexity index is 504. The number of nitrogens with one attached hydrogen (secondary N) is 1. The van der Waals surface area contributed by atoms with Crippen molar-refractivity contribution in [3.63, 3.8) is 0 Å².